The number of carbonyl (C=O) groups is 2. The summed E-state index contributed by atoms with van der Waals surface area (Å²) in [6.45, 7) is -0.137. The second-order valence-corrected chi connectivity index (χ2v) is 6.23. The van der Waals surface area contributed by atoms with E-state index >= 15 is 0 Å². The first-order valence-corrected chi connectivity index (χ1v) is 8.99. The Bertz CT molecular complexity index is 1040. The predicted octanol–water partition coefficient (Wildman–Crippen LogP) is 3.97. The molecule has 3 rings (SSSR count). The second-order valence-electron chi connectivity index (χ2n) is 6.23. The van der Waals surface area contributed by atoms with Crippen molar-refractivity contribution < 1.29 is 24.0 Å². The van der Waals surface area contributed by atoms with Gasteiger partial charge in [-0.3, -0.25) is 14.9 Å². The Morgan fingerprint density at radius 2 is 1.67 bits per heavy atom. The van der Waals surface area contributed by atoms with Gasteiger partial charge < -0.3 is 14.8 Å². The average Bonchev–Trinajstić information content (AvgIpc) is 2.77. The van der Waals surface area contributed by atoms with Crippen LogP contribution in [0.5, 0.6) is 5.75 Å². The van der Waals surface area contributed by atoms with Crippen LogP contribution in [0.2, 0.25) is 0 Å². The number of nitro benzene ring substituents is 1. The lowest BCUT2D eigenvalue weighted by Gasteiger charge is -2.09. The molecule has 8 nitrogen and oxygen atoms in total. The maximum absolute atomic E-state index is 12.2. The molecule has 30 heavy (non-hydrogen) atoms. The minimum atomic E-state index is -0.668. The highest BCUT2D eigenvalue weighted by atomic mass is 16.6. The summed E-state index contributed by atoms with van der Waals surface area (Å²) in [5.74, 6) is -0.726. The standard InChI is InChI=1S/C22H18N2O6/c25-21(23-18-9-11-19(12-10-18)24(27)28)15-30-22(26)17-7-4-8-20(13-17)29-14-16-5-2-1-3-6-16/h1-13H,14-15H2,(H,23,25). The monoisotopic (exact) mass is 406 g/mol. The molecule has 0 saturated heterocycles. The van der Waals surface area contributed by atoms with Crippen LogP contribution in [-0.4, -0.2) is 23.4 Å². The molecular formula is C22H18N2O6. The van der Waals surface area contributed by atoms with Gasteiger partial charge in [-0.25, -0.2) is 4.79 Å². The quantitative estimate of drug-likeness (QED) is 0.345. The lowest BCUT2D eigenvalue weighted by atomic mass is 10.2. The molecule has 0 spiro atoms. The minimum Gasteiger partial charge on any atom is -0.489 e. The van der Waals surface area contributed by atoms with E-state index in [0.29, 0.717) is 18.0 Å². The van der Waals surface area contributed by atoms with E-state index in [9.17, 15) is 19.7 Å². The fourth-order valence-corrected chi connectivity index (χ4v) is 2.53. The summed E-state index contributed by atoms with van der Waals surface area (Å²) in [6, 6.07) is 21.4. The lowest BCUT2D eigenvalue weighted by molar-refractivity contribution is -0.384. The van der Waals surface area contributed by atoms with Gasteiger partial charge in [-0.2, -0.15) is 0 Å². The number of non-ortho nitro benzene ring substituents is 1. The number of nitrogens with zero attached hydrogens (tertiary/aromatic N) is 1. The molecule has 1 N–H and O–H groups in total. The van der Waals surface area contributed by atoms with Crippen molar-refractivity contribution in [2.24, 2.45) is 0 Å². The van der Waals surface area contributed by atoms with E-state index in [1.165, 1.54) is 24.3 Å². The van der Waals surface area contributed by atoms with Crippen molar-refractivity contribution in [2.45, 2.75) is 6.61 Å². The van der Waals surface area contributed by atoms with E-state index in [1.54, 1.807) is 24.3 Å². The van der Waals surface area contributed by atoms with Gasteiger partial charge in [-0.15, -0.1) is 0 Å². The topological polar surface area (TPSA) is 108 Å². The molecule has 0 unspecified atom stereocenters. The Balaban J connectivity index is 1.50. The molecule has 3 aromatic carbocycles. The molecule has 152 valence electrons. The summed E-state index contributed by atoms with van der Waals surface area (Å²) in [5, 5.41) is 13.1. The number of rotatable bonds is 8. The summed E-state index contributed by atoms with van der Waals surface area (Å²) in [4.78, 5) is 34.3. The smallest absolute Gasteiger partial charge is 0.338 e. The van der Waals surface area contributed by atoms with Crippen LogP contribution in [0.3, 0.4) is 0 Å². The Morgan fingerprint density at radius 1 is 0.933 bits per heavy atom. The van der Waals surface area contributed by atoms with Gasteiger partial charge in [0.1, 0.15) is 12.4 Å². The van der Waals surface area contributed by atoms with Crippen LogP contribution < -0.4 is 10.1 Å². The zero-order valence-corrected chi connectivity index (χ0v) is 15.8. The van der Waals surface area contributed by atoms with E-state index in [1.807, 2.05) is 30.3 Å². The van der Waals surface area contributed by atoms with Gasteiger partial charge in [-0.05, 0) is 35.9 Å². The molecule has 8 heteroatoms. The van der Waals surface area contributed by atoms with Crippen molar-refractivity contribution >= 4 is 23.3 Å². The van der Waals surface area contributed by atoms with Gasteiger partial charge in [0.15, 0.2) is 6.61 Å². The highest BCUT2D eigenvalue weighted by Gasteiger charge is 2.12. The lowest BCUT2D eigenvalue weighted by Crippen LogP contribution is -2.20. The molecule has 0 saturated carbocycles. The third-order valence-electron chi connectivity index (χ3n) is 4.01. The number of anilines is 1. The van der Waals surface area contributed by atoms with Crippen molar-refractivity contribution in [3.05, 3.63) is 100 Å². The van der Waals surface area contributed by atoms with Gasteiger partial charge in [0.2, 0.25) is 0 Å². The molecular weight excluding hydrogens is 388 g/mol. The normalized spacial score (nSPS) is 10.1. The highest BCUT2D eigenvalue weighted by molar-refractivity contribution is 5.95. The van der Waals surface area contributed by atoms with Crippen LogP contribution in [0.1, 0.15) is 15.9 Å². The maximum Gasteiger partial charge on any atom is 0.338 e. The van der Waals surface area contributed by atoms with Crippen LogP contribution >= 0.6 is 0 Å². The molecule has 3 aromatic rings. The van der Waals surface area contributed by atoms with E-state index in [-0.39, 0.29) is 11.3 Å². The first-order chi connectivity index (χ1) is 14.5. The molecule has 0 heterocycles. The first kappa shape index (κ1) is 20.5. The third-order valence-corrected chi connectivity index (χ3v) is 4.01. The fraction of sp³-hybridized carbons (Fsp3) is 0.0909. The zero-order valence-electron chi connectivity index (χ0n) is 15.8. The van der Waals surface area contributed by atoms with Crippen LogP contribution in [0, 0.1) is 10.1 Å². The van der Waals surface area contributed by atoms with Crippen LogP contribution in [0.25, 0.3) is 0 Å². The SMILES string of the molecule is O=C(COC(=O)c1cccc(OCc2ccccc2)c1)Nc1ccc([N+](=O)[O-])cc1. The number of nitro groups is 1. The summed E-state index contributed by atoms with van der Waals surface area (Å²) in [7, 11) is 0. The van der Waals surface area contributed by atoms with Gasteiger partial charge in [0.05, 0.1) is 10.5 Å². The van der Waals surface area contributed by atoms with Crippen LogP contribution in [0.15, 0.2) is 78.9 Å². The fourth-order valence-electron chi connectivity index (χ4n) is 2.53. The molecule has 0 atom stereocenters. The largest absolute Gasteiger partial charge is 0.489 e. The summed E-state index contributed by atoms with van der Waals surface area (Å²) >= 11 is 0. The summed E-state index contributed by atoms with van der Waals surface area (Å²) in [5.41, 5.74) is 1.52. The molecule has 0 fully saturated rings. The number of carbonyl (C=O) groups excluding carboxylic acids is 2. The van der Waals surface area contributed by atoms with Crippen molar-refractivity contribution in [1.29, 1.82) is 0 Å². The predicted molar refractivity (Wildman–Crippen MR) is 109 cm³/mol. The Labute approximate surface area is 172 Å². The first-order valence-electron chi connectivity index (χ1n) is 8.99. The number of ether oxygens (including phenoxy) is 2. The molecule has 0 aromatic heterocycles. The number of hydrogen-bond donors (Lipinski definition) is 1. The number of hydrogen-bond acceptors (Lipinski definition) is 6. The van der Waals surface area contributed by atoms with Gasteiger partial charge in [-0.1, -0.05) is 36.4 Å². The van der Waals surface area contributed by atoms with Gasteiger partial charge in [0.25, 0.3) is 11.6 Å². The highest BCUT2D eigenvalue weighted by Crippen LogP contribution is 2.17. The van der Waals surface area contributed by atoms with E-state index < -0.39 is 23.4 Å². The molecule has 0 aliphatic heterocycles. The molecule has 0 radical (unpaired) electrons. The number of esters is 1. The van der Waals surface area contributed by atoms with E-state index in [0.717, 1.165) is 5.56 Å². The second kappa shape index (κ2) is 9.83. The number of nitrogens with one attached hydrogen (secondary N) is 1. The Hall–Kier alpha value is -4.20. The van der Waals surface area contributed by atoms with Crippen molar-refractivity contribution in [3.63, 3.8) is 0 Å². The third kappa shape index (κ3) is 5.90. The van der Waals surface area contributed by atoms with Crippen LogP contribution in [0.4, 0.5) is 11.4 Å². The molecule has 0 aliphatic carbocycles. The molecule has 0 bridgehead atoms. The van der Waals surface area contributed by atoms with Crippen molar-refractivity contribution in [3.8, 4) is 5.75 Å². The minimum absolute atomic E-state index is 0.0891. The van der Waals surface area contributed by atoms with Gasteiger partial charge >= 0.3 is 5.97 Å². The molecule has 1 amide bonds. The van der Waals surface area contributed by atoms with Crippen LogP contribution in [-0.2, 0) is 16.1 Å². The zero-order chi connectivity index (χ0) is 21.3. The number of amides is 1. The molecule has 0 aliphatic rings. The van der Waals surface area contributed by atoms with E-state index in [4.69, 9.17) is 9.47 Å². The van der Waals surface area contributed by atoms with Crippen molar-refractivity contribution in [2.75, 3.05) is 11.9 Å². The van der Waals surface area contributed by atoms with Gasteiger partial charge in [0, 0.05) is 17.8 Å². The Morgan fingerprint density at radius 3 is 2.37 bits per heavy atom. The van der Waals surface area contributed by atoms with E-state index in [2.05, 4.69) is 5.32 Å². The summed E-state index contributed by atoms with van der Waals surface area (Å²) < 4.78 is 10.7. The van der Waals surface area contributed by atoms with Crippen molar-refractivity contribution in [1.82, 2.24) is 0 Å². The maximum atomic E-state index is 12.2. The number of benzene rings is 3. The average molecular weight is 406 g/mol. The Kier molecular flexibility index (Phi) is 6.73. The summed E-state index contributed by atoms with van der Waals surface area (Å²) in [6.07, 6.45) is 0.